The third-order valence-corrected chi connectivity index (χ3v) is 4.06. The largest absolute Gasteiger partial charge is 0.481 e. The molecule has 0 unspecified atom stereocenters. The second-order valence-electron chi connectivity index (χ2n) is 5.60. The highest BCUT2D eigenvalue weighted by molar-refractivity contribution is 5.68. The van der Waals surface area contributed by atoms with E-state index in [4.69, 9.17) is 0 Å². The third kappa shape index (κ3) is 4.35. The monoisotopic (exact) mass is 261 g/mol. The van der Waals surface area contributed by atoms with Crippen molar-refractivity contribution in [2.45, 2.75) is 57.0 Å². The van der Waals surface area contributed by atoms with E-state index in [9.17, 15) is 9.90 Å². The lowest BCUT2D eigenvalue weighted by atomic mass is 9.86. The average molecular weight is 261 g/mol. The molecule has 104 valence electrons. The van der Waals surface area contributed by atoms with E-state index in [-0.39, 0.29) is 12.0 Å². The van der Waals surface area contributed by atoms with Crippen LogP contribution in [0.5, 0.6) is 0 Å². The number of benzene rings is 1. The lowest BCUT2D eigenvalue weighted by Gasteiger charge is -2.33. The quantitative estimate of drug-likeness (QED) is 0.799. The zero-order valence-electron chi connectivity index (χ0n) is 11.4. The second-order valence-corrected chi connectivity index (χ2v) is 5.60. The molecule has 1 aliphatic carbocycles. The summed E-state index contributed by atoms with van der Waals surface area (Å²) in [4.78, 5) is 11.2. The summed E-state index contributed by atoms with van der Waals surface area (Å²) in [5.41, 5.74) is 1.01. The molecule has 0 amide bonds. The van der Waals surface area contributed by atoms with Crippen LogP contribution in [-0.4, -0.2) is 16.6 Å². The molecule has 0 aliphatic heterocycles. The molecule has 19 heavy (non-hydrogen) atoms. The Morgan fingerprint density at radius 3 is 2.32 bits per heavy atom. The predicted octanol–water partition coefficient (Wildman–Crippen LogP) is 3.34. The molecule has 0 spiro atoms. The first kappa shape index (κ1) is 14.1. The van der Waals surface area contributed by atoms with Crippen LogP contribution in [0.1, 0.15) is 50.5 Å². The molecule has 3 heteroatoms. The summed E-state index contributed by atoms with van der Waals surface area (Å²) in [6.07, 6.45) is 6.92. The van der Waals surface area contributed by atoms with Gasteiger partial charge >= 0.3 is 5.97 Å². The summed E-state index contributed by atoms with van der Waals surface area (Å²) in [5, 5.41) is 12.7. The van der Waals surface area contributed by atoms with Gasteiger partial charge in [-0.1, -0.05) is 56.0 Å². The highest BCUT2D eigenvalue weighted by atomic mass is 16.4. The van der Waals surface area contributed by atoms with Crippen molar-refractivity contribution in [2.75, 3.05) is 0 Å². The normalized spacial score (nSPS) is 18.7. The Hall–Kier alpha value is -1.35. The van der Waals surface area contributed by atoms with Gasteiger partial charge in [-0.3, -0.25) is 4.79 Å². The lowest BCUT2D eigenvalue weighted by Crippen LogP contribution is -2.46. The molecule has 1 fully saturated rings. The number of hydrogen-bond acceptors (Lipinski definition) is 2. The number of carbonyl (C=O) groups is 1. The molecule has 0 bridgehead atoms. The molecule has 1 saturated carbocycles. The molecular weight excluding hydrogens is 238 g/mol. The van der Waals surface area contributed by atoms with Gasteiger partial charge in [0, 0.05) is 12.1 Å². The van der Waals surface area contributed by atoms with Gasteiger partial charge in [-0.05, 0) is 18.4 Å². The molecule has 3 nitrogen and oxygen atoms in total. The molecule has 2 rings (SSSR count). The molecule has 1 aliphatic rings. The van der Waals surface area contributed by atoms with E-state index in [0.717, 1.165) is 32.2 Å². The fourth-order valence-electron chi connectivity index (χ4n) is 3.00. The Labute approximate surface area is 115 Å². The number of carboxylic acid groups (broad SMARTS) is 1. The minimum atomic E-state index is -0.692. The Morgan fingerprint density at radius 2 is 1.74 bits per heavy atom. The van der Waals surface area contributed by atoms with Crippen LogP contribution in [-0.2, 0) is 11.3 Å². The van der Waals surface area contributed by atoms with Gasteiger partial charge in [0.2, 0.25) is 0 Å². The van der Waals surface area contributed by atoms with E-state index in [0.29, 0.717) is 0 Å². The maximum atomic E-state index is 11.2. The summed E-state index contributed by atoms with van der Waals surface area (Å²) in [6.45, 7) is 0.758. The van der Waals surface area contributed by atoms with Crippen LogP contribution in [0.4, 0.5) is 0 Å². The van der Waals surface area contributed by atoms with Crippen molar-refractivity contribution in [2.24, 2.45) is 0 Å². The molecule has 0 atom stereocenters. The SMILES string of the molecule is O=C(O)CC1(NCc2ccccc2)CCCCCC1. The molecule has 1 aromatic carbocycles. The smallest absolute Gasteiger partial charge is 0.305 e. The van der Waals surface area contributed by atoms with E-state index in [1.54, 1.807) is 0 Å². The fourth-order valence-corrected chi connectivity index (χ4v) is 3.00. The average Bonchev–Trinajstić information content (AvgIpc) is 2.63. The van der Waals surface area contributed by atoms with Crippen molar-refractivity contribution >= 4 is 5.97 Å². The van der Waals surface area contributed by atoms with Crippen molar-refractivity contribution in [3.8, 4) is 0 Å². The van der Waals surface area contributed by atoms with Crippen LogP contribution in [0.2, 0.25) is 0 Å². The topological polar surface area (TPSA) is 49.3 Å². The summed E-state index contributed by atoms with van der Waals surface area (Å²) in [7, 11) is 0. The Morgan fingerprint density at radius 1 is 1.11 bits per heavy atom. The van der Waals surface area contributed by atoms with Crippen LogP contribution < -0.4 is 5.32 Å². The molecule has 0 aromatic heterocycles. The molecule has 0 saturated heterocycles. The maximum Gasteiger partial charge on any atom is 0.305 e. The molecule has 0 heterocycles. The van der Waals surface area contributed by atoms with E-state index in [1.165, 1.54) is 18.4 Å². The number of rotatable bonds is 5. The van der Waals surface area contributed by atoms with Crippen molar-refractivity contribution < 1.29 is 9.90 Å². The zero-order valence-corrected chi connectivity index (χ0v) is 11.4. The van der Waals surface area contributed by atoms with Gasteiger partial charge in [0.15, 0.2) is 0 Å². The van der Waals surface area contributed by atoms with Gasteiger partial charge in [-0.15, -0.1) is 0 Å². The lowest BCUT2D eigenvalue weighted by molar-refractivity contribution is -0.139. The van der Waals surface area contributed by atoms with Crippen LogP contribution in [0.15, 0.2) is 30.3 Å². The Balaban J connectivity index is 2.02. The predicted molar refractivity (Wildman–Crippen MR) is 76.0 cm³/mol. The summed E-state index contributed by atoms with van der Waals surface area (Å²) in [6, 6.07) is 10.2. The Kier molecular flexibility index (Phi) is 4.97. The first-order valence-corrected chi connectivity index (χ1v) is 7.21. The van der Waals surface area contributed by atoms with Gasteiger partial charge in [0.25, 0.3) is 0 Å². The third-order valence-electron chi connectivity index (χ3n) is 4.06. The number of aliphatic carboxylic acids is 1. The van der Waals surface area contributed by atoms with Crippen LogP contribution in [0.3, 0.4) is 0 Å². The van der Waals surface area contributed by atoms with Crippen LogP contribution in [0.25, 0.3) is 0 Å². The zero-order chi connectivity index (χ0) is 13.6. The highest BCUT2D eigenvalue weighted by Crippen LogP contribution is 2.30. The highest BCUT2D eigenvalue weighted by Gasteiger charge is 2.32. The first-order valence-electron chi connectivity index (χ1n) is 7.21. The van der Waals surface area contributed by atoms with Crippen LogP contribution in [0, 0.1) is 0 Å². The summed E-state index contributed by atoms with van der Waals surface area (Å²) >= 11 is 0. The summed E-state index contributed by atoms with van der Waals surface area (Å²) in [5.74, 6) is -0.692. The van der Waals surface area contributed by atoms with Gasteiger partial charge in [0.1, 0.15) is 0 Å². The van der Waals surface area contributed by atoms with Crippen molar-refractivity contribution in [3.63, 3.8) is 0 Å². The number of hydrogen-bond donors (Lipinski definition) is 2. The number of nitrogens with one attached hydrogen (secondary N) is 1. The van der Waals surface area contributed by atoms with E-state index < -0.39 is 5.97 Å². The Bertz CT molecular complexity index is 394. The molecule has 1 aromatic rings. The van der Waals surface area contributed by atoms with Gasteiger partial charge < -0.3 is 10.4 Å². The minimum Gasteiger partial charge on any atom is -0.481 e. The van der Waals surface area contributed by atoms with Crippen LogP contribution >= 0.6 is 0 Å². The molecular formula is C16H23NO2. The summed E-state index contributed by atoms with van der Waals surface area (Å²) < 4.78 is 0. The van der Waals surface area contributed by atoms with E-state index in [1.807, 2.05) is 18.2 Å². The van der Waals surface area contributed by atoms with E-state index >= 15 is 0 Å². The first-order chi connectivity index (χ1) is 9.20. The molecule has 0 radical (unpaired) electrons. The van der Waals surface area contributed by atoms with E-state index in [2.05, 4.69) is 17.4 Å². The molecule has 2 N–H and O–H groups in total. The standard InChI is InChI=1S/C16H23NO2/c18-15(19)12-16(10-6-1-2-7-11-16)17-13-14-8-4-3-5-9-14/h3-5,8-9,17H,1-2,6-7,10-13H2,(H,18,19). The fraction of sp³-hybridized carbons (Fsp3) is 0.562. The van der Waals surface area contributed by atoms with Gasteiger partial charge in [0.05, 0.1) is 6.42 Å². The van der Waals surface area contributed by atoms with Crippen molar-refractivity contribution in [1.29, 1.82) is 0 Å². The van der Waals surface area contributed by atoms with Crippen molar-refractivity contribution in [1.82, 2.24) is 5.32 Å². The van der Waals surface area contributed by atoms with Gasteiger partial charge in [-0.25, -0.2) is 0 Å². The minimum absolute atomic E-state index is 0.210. The van der Waals surface area contributed by atoms with Gasteiger partial charge in [-0.2, -0.15) is 0 Å². The van der Waals surface area contributed by atoms with Crippen molar-refractivity contribution in [3.05, 3.63) is 35.9 Å². The maximum absolute atomic E-state index is 11.2. The number of carboxylic acids is 1. The second kappa shape index (κ2) is 6.71.